The molecule has 0 aromatic rings. The Bertz CT molecular complexity index is 290. The highest BCUT2D eigenvalue weighted by Gasteiger charge is 2.06. The first-order valence-corrected chi connectivity index (χ1v) is 8.30. The highest BCUT2D eigenvalue weighted by Crippen LogP contribution is 2.00. The quantitative estimate of drug-likeness (QED) is 0.559. The van der Waals surface area contributed by atoms with Gasteiger partial charge in [-0.15, -0.1) is 0 Å². The summed E-state index contributed by atoms with van der Waals surface area (Å²) in [5.74, 6) is 1.32. The zero-order valence-corrected chi connectivity index (χ0v) is 11.1. The molecule has 0 spiro atoms. The summed E-state index contributed by atoms with van der Waals surface area (Å²) in [7, 11) is -3.06. The average molecular weight is 269 g/mol. The van der Waals surface area contributed by atoms with Crippen LogP contribution in [0.3, 0.4) is 0 Å². The SMILES string of the molecule is CS(=O)(=O)CCC(=O)NCCSCCCO. The predicted octanol–water partition coefficient (Wildman–Crippen LogP) is -0.347. The first-order chi connectivity index (χ1) is 7.45. The highest BCUT2D eigenvalue weighted by atomic mass is 32.2. The van der Waals surface area contributed by atoms with Crippen molar-refractivity contribution in [2.24, 2.45) is 0 Å². The number of nitrogens with one attached hydrogen (secondary N) is 1. The average Bonchev–Trinajstić information content (AvgIpc) is 2.19. The number of carbonyl (C=O) groups is 1. The van der Waals surface area contributed by atoms with Crippen LogP contribution < -0.4 is 5.32 Å². The molecule has 0 bridgehead atoms. The predicted molar refractivity (Wildman–Crippen MR) is 66.4 cm³/mol. The van der Waals surface area contributed by atoms with E-state index in [4.69, 9.17) is 5.11 Å². The van der Waals surface area contributed by atoms with Crippen LogP contribution in [0.2, 0.25) is 0 Å². The molecule has 7 heteroatoms. The molecule has 0 saturated heterocycles. The Labute approximate surface area is 101 Å². The minimum atomic E-state index is -3.06. The van der Waals surface area contributed by atoms with Gasteiger partial charge in [0.15, 0.2) is 0 Å². The lowest BCUT2D eigenvalue weighted by atomic mass is 10.4. The summed E-state index contributed by atoms with van der Waals surface area (Å²) in [6, 6.07) is 0. The summed E-state index contributed by atoms with van der Waals surface area (Å²) in [6.45, 7) is 0.729. The molecule has 96 valence electrons. The normalized spacial score (nSPS) is 11.4. The van der Waals surface area contributed by atoms with Crippen LogP contribution in [-0.2, 0) is 14.6 Å². The number of aliphatic hydroxyl groups is 1. The van der Waals surface area contributed by atoms with E-state index < -0.39 is 9.84 Å². The number of sulfone groups is 1. The molecule has 0 atom stereocenters. The van der Waals surface area contributed by atoms with Crippen LogP contribution in [-0.4, -0.2) is 56.1 Å². The van der Waals surface area contributed by atoms with Crippen molar-refractivity contribution in [3.05, 3.63) is 0 Å². The van der Waals surface area contributed by atoms with Gasteiger partial charge in [-0.05, 0) is 12.2 Å². The lowest BCUT2D eigenvalue weighted by Crippen LogP contribution is -2.27. The topological polar surface area (TPSA) is 83.5 Å². The van der Waals surface area contributed by atoms with E-state index in [2.05, 4.69) is 5.32 Å². The molecule has 0 heterocycles. The number of carbonyl (C=O) groups excluding carboxylic acids is 1. The molecule has 0 radical (unpaired) electrons. The smallest absolute Gasteiger partial charge is 0.221 e. The second kappa shape index (κ2) is 8.83. The molecule has 0 unspecified atom stereocenters. The van der Waals surface area contributed by atoms with Crippen LogP contribution >= 0.6 is 11.8 Å². The van der Waals surface area contributed by atoms with E-state index in [-0.39, 0.29) is 24.7 Å². The Hall–Kier alpha value is -0.270. The highest BCUT2D eigenvalue weighted by molar-refractivity contribution is 7.99. The first-order valence-electron chi connectivity index (χ1n) is 5.09. The summed E-state index contributed by atoms with van der Waals surface area (Å²) < 4.78 is 21.6. The van der Waals surface area contributed by atoms with Gasteiger partial charge in [-0.2, -0.15) is 11.8 Å². The molecule has 0 aliphatic rings. The number of aliphatic hydroxyl groups excluding tert-OH is 1. The summed E-state index contributed by atoms with van der Waals surface area (Å²) in [6.07, 6.45) is 1.90. The number of rotatable bonds is 9. The molecule has 0 saturated carbocycles. The van der Waals surface area contributed by atoms with Crippen molar-refractivity contribution in [2.75, 3.05) is 36.7 Å². The minimum Gasteiger partial charge on any atom is -0.396 e. The third-order valence-electron chi connectivity index (χ3n) is 1.72. The molecule has 0 aliphatic heterocycles. The second-order valence-electron chi connectivity index (χ2n) is 3.42. The Balaban J connectivity index is 3.38. The molecule has 0 aromatic carbocycles. The van der Waals surface area contributed by atoms with E-state index in [1.807, 2.05) is 0 Å². The maximum Gasteiger partial charge on any atom is 0.221 e. The molecule has 0 aliphatic carbocycles. The molecule has 0 fully saturated rings. The van der Waals surface area contributed by atoms with E-state index in [0.717, 1.165) is 24.2 Å². The van der Waals surface area contributed by atoms with Gasteiger partial charge < -0.3 is 10.4 Å². The standard InChI is InChI=1S/C9H19NO4S2/c1-16(13,14)8-3-9(12)10-4-7-15-6-2-5-11/h11H,2-8H2,1H3,(H,10,12). The van der Waals surface area contributed by atoms with E-state index in [1.54, 1.807) is 11.8 Å². The number of thioether (sulfide) groups is 1. The van der Waals surface area contributed by atoms with Gasteiger partial charge in [0.25, 0.3) is 0 Å². The van der Waals surface area contributed by atoms with Gasteiger partial charge in [0.2, 0.25) is 5.91 Å². The lowest BCUT2D eigenvalue weighted by molar-refractivity contribution is -0.120. The maximum atomic E-state index is 11.2. The zero-order chi connectivity index (χ0) is 12.4. The molecule has 5 nitrogen and oxygen atoms in total. The first kappa shape index (κ1) is 15.7. The minimum absolute atomic E-state index is 0.0279. The molecular weight excluding hydrogens is 250 g/mol. The fraction of sp³-hybridized carbons (Fsp3) is 0.889. The molecule has 2 N–H and O–H groups in total. The van der Waals surface area contributed by atoms with Crippen LogP contribution in [0.15, 0.2) is 0 Å². The number of hydrogen-bond acceptors (Lipinski definition) is 5. The summed E-state index contributed by atoms with van der Waals surface area (Å²) in [4.78, 5) is 11.2. The fourth-order valence-corrected chi connectivity index (χ4v) is 2.24. The molecule has 0 rings (SSSR count). The monoisotopic (exact) mass is 269 g/mol. The van der Waals surface area contributed by atoms with Gasteiger partial charge in [0, 0.05) is 31.6 Å². The largest absolute Gasteiger partial charge is 0.396 e. The molecular formula is C9H19NO4S2. The Morgan fingerprint density at radius 3 is 2.62 bits per heavy atom. The summed E-state index contributed by atoms with van der Waals surface area (Å²) >= 11 is 1.65. The maximum absolute atomic E-state index is 11.2. The van der Waals surface area contributed by atoms with Gasteiger partial charge in [-0.1, -0.05) is 0 Å². The van der Waals surface area contributed by atoms with Gasteiger partial charge in [0.05, 0.1) is 5.75 Å². The lowest BCUT2D eigenvalue weighted by Gasteiger charge is -2.04. The van der Waals surface area contributed by atoms with Crippen molar-refractivity contribution in [1.29, 1.82) is 0 Å². The molecule has 1 amide bonds. The van der Waals surface area contributed by atoms with Crippen molar-refractivity contribution in [1.82, 2.24) is 5.32 Å². The third kappa shape index (κ3) is 11.8. The van der Waals surface area contributed by atoms with Gasteiger partial charge in [-0.3, -0.25) is 4.79 Å². The van der Waals surface area contributed by atoms with Crippen molar-refractivity contribution in [3.63, 3.8) is 0 Å². The Morgan fingerprint density at radius 1 is 1.38 bits per heavy atom. The van der Waals surface area contributed by atoms with Gasteiger partial charge in [0.1, 0.15) is 9.84 Å². The summed E-state index contributed by atoms with van der Waals surface area (Å²) in [5, 5.41) is 11.2. The zero-order valence-electron chi connectivity index (χ0n) is 9.44. The van der Waals surface area contributed by atoms with E-state index in [9.17, 15) is 13.2 Å². The third-order valence-corrected chi connectivity index (χ3v) is 3.73. The molecule has 0 aromatic heterocycles. The van der Waals surface area contributed by atoms with Crippen LogP contribution in [0.25, 0.3) is 0 Å². The Morgan fingerprint density at radius 2 is 2.06 bits per heavy atom. The van der Waals surface area contributed by atoms with Crippen LogP contribution in [0.4, 0.5) is 0 Å². The van der Waals surface area contributed by atoms with Crippen molar-refractivity contribution in [3.8, 4) is 0 Å². The number of hydrogen-bond donors (Lipinski definition) is 2. The van der Waals surface area contributed by atoms with E-state index >= 15 is 0 Å². The fourth-order valence-electron chi connectivity index (χ4n) is 0.898. The summed E-state index contributed by atoms with van der Waals surface area (Å²) in [5.41, 5.74) is 0. The van der Waals surface area contributed by atoms with E-state index in [1.165, 1.54) is 0 Å². The van der Waals surface area contributed by atoms with Gasteiger partial charge in [-0.25, -0.2) is 8.42 Å². The van der Waals surface area contributed by atoms with Crippen molar-refractivity contribution in [2.45, 2.75) is 12.8 Å². The van der Waals surface area contributed by atoms with Crippen LogP contribution in [0.1, 0.15) is 12.8 Å². The van der Waals surface area contributed by atoms with Crippen molar-refractivity contribution >= 4 is 27.5 Å². The van der Waals surface area contributed by atoms with Crippen LogP contribution in [0.5, 0.6) is 0 Å². The Kier molecular flexibility index (Phi) is 8.68. The molecule has 16 heavy (non-hydrogen) atoms. The second-order valence-corrected chi connectivity index (χ2v) is 6.90. The van der Waals surface area contributed by atoms with E-state index in [0.29, 0.717) is 6.54 Å². The van der Waals surface area contributed by atoms with Crippen LogP contribution in [0, 0.1) is 0 Å². The van der Waals surface area contributed by atoms with Crippen molar-refractivity contribution < 1.29 is 18.3 Å². The number of amides is 1. The van der Waals surface area contributed by atoms with Gasteiger partial charge >= 0.3 is 0 Å².